The van der Waals surface area contributed by atoms with Crippen LogP contribution in [0.3, 0.4) is 0 Å². The molecule has 0 aliphatic carbocycles. The Morgan fingerprint density at radius 3 is 2.78 bits per heavy atom. The highest BCUT2D eigenvalue weighted by Crippen LogP contribution is 2.31. The largest absolute Gasteiger partial charge is 0.383 e. The van der Waals surface area contributed by atoms with E-state index >= 15 is 0 Å². The lowest BCUT2D eigenvalue weighted by atomic mass is 9.97. The number of hydrogen-bond acceptors (Lipinski definition) is 3. The van der Waals surface area contributed by atoms with Crippen LogP contribution in [0.5, 0.6) is 0 Å². The summed E-state index contributed by atoms with van der Waals surface area (Å²) in [4.78, 5) is 2.44. The maximum Gasteiger partial charge on any atom is 0.0589 e. The normalized spacial score (nSPS) is 24.7. The van der Waals surface area contributed by atoms with E-state index in [-0.39, 0.29) is 6.04 Å². The molecule has 1 aromatic carbocycles. The predicted octanol–water partition coefficient (Wildman–Crippen LogP) is 2.02. The second-order valence-corrected chi connectivity index (χ2v) is 5.27. The number of hydrogen-bond donors (Lipinski definition) is 1. The van der Waals surface area contributed by atoms with Gasteiger partial charge in [-0.05, 0) is 37.0 Å². The van der Waals surface area contributed by atoms with Gasteiger partial charge in [-0.15, -0.1) is 0 Å². The van der Waals surface area contributed by atoms with Crippen LogP contribution in [-0.4, -0.2) is 37.7 Å². The second-order valence-electron chi connectivity index (χ2n) is 5.27. The highest BCUT2D eigenvalue weighted by Gasteiger charge is 2.32. The summed E-state index contributed by atoms with van der Waals surface area (Å²) in [7, 11) is 1.75. The molecule has 0 radical (unpaired) electrons. The number of methoxy groups -OCH3 is 1. The lowest BCUT2D eigenvalue weighted by Crippen LogP contribution is -2.33. The average Bonchev–Trinajstić information content (AvgIpc) is 2.71. The van der Waals surface area contributed by atoms with E-state index in [1.165, 1.54) is 16.7 Å². The molecule has 0 aromatic heterocycles. The van der Waals surface area contributed by atoms with Crippen molar-refractivity contribution in [2.75, 3.05) is 26.8 Å². The van der Waals surface area contributed by atoms with Crippen LogP contribution < -0.4 is 5.73 Å². The molecule has 2 N–H and O–H groups in total. The Morgan fingerprint density at radius 2 is 2.11 bits per heavy atom. The van der Waals surface area contributed by atoms with Gasteiger partial charge in [0.15, 0.2) is 0 Å². The standard InChI is InChI=1S/C15H24N2O/c1-11-4-5-13(10-12(11)2)15-14(16)6-7-17(15)8-9-18-3/h4-5,10,14-15H,6-9,16H2,1-3H3. The summed E-state index contributed by atoms with van der Waals surface area (Å²) in [6, 6.07) is 7.29. The summed E-state index contributed by atoms with van der Waals surface area (Å²) < 4.78 is 5.18. The third kappa shape index (κ3) is 2.74. The van der Waals surface area contributed by atoms with E-state index in [0.29, 0.717) is 6.04 Å². The molecule has 2 atom stereocenters. The number of benzene rings is 1. The van der Waals surface area contributed by atoms with Crippen molar-refractivity contribution in [3.8, 4) is 0 Å². The van der Waals surface area contributed by atoms with Crippen LogP contribution in [0.25, 0.3) is 0 Å². The summed E-state index contributed by atoms with van der Waals surface area (Å²) in [5.41, 5.74) is 10.3. The molecule has 0 bridgehead atoms. The Balaban J connectivity index is 2.19. The van der Waals surface area contributed by atoms with Crippen molar-refractivity contribution in [2.24, 2.45) is 5.73 Å². The lowest BCUT2D eigenvalue weighted by molar-refractivity contribution is 0.139. The predicted molar refractivity (Wildman–Crippen MR) is 74.7 cm³/mol. The number of aryl methyl sites for hydroxylation is 2. The van der Waals surface area contributed by atoms with Gasteiger partial charge < -0.3 is 10.5 Å². The van der Waals surface area contributed by atoms with Crippen LogP contribution in [0.2, 0.25) is 0 Å². The number of nitrogens with two attached hydrogens (primary N) is 1. The van der Waals surface area contributed by atoms with E-state index in [1.54, 1.807) is 7.11 Å². The first-order valence-corrected chi connectivity index (χ1v) is 6.69. The van der Waals surface area contributed by atoms with Gasteiger partial charge in [-0.25, -0.2) is 0 Å². The lowest BCUT2D eigenvalue weighted by Gasteiger charge is -2.27. The molecule has 1 aliphatic heterocycles. The molecule has 1 fully saturated rings. The molecule has 2 rings (SSSR count). The molecule has 18 heavy (non-hydrogen) atoms. The zero-order chi connectivity index (χ0) is 13.1. The topological polar surface area (TPSA) is 38.5 Å². The van der Waals surface area contributed by atoms with Gasteiger partial charge in [0.2, 0.25) is 0 Å². The van der Waals surface area contributed by atoms with Gasteiger partial charge in [0, 0.05) is 26.2 Å². The molecule has 2 unspecified atom stereocenters. The fourth-order valence-electron chi connectivity index (χ4n) is 2.75. The molecule has 1 aromatic rings. The highest BCUT2D eigenvalue weighted by molar-refractivity contribution is 5.33. The molecule has 3 nitrogen and oxygen atoms in total. The molecule has 1 heterocycles. The van der Waals surface area contributed by atoms with Crippen LogP contribution in [0.15, 0.2) is 18.2 Å². The Morgan fingerprint density at radius 1 is 1.33 bits per heavy atom. The zero-order valence-corrected chi connectivity index (χ0v) is 11.6. The third-order valence-corrected chi connectivity index (χ3v) is 4.00. The number of likely N-dealkylation sites (tertiary alicyclic amines) is 1. The molecule has 3 heteroatoms. The van der Waals surface area contributed by atoms with Crippen molar-refractivity contribution in [1.82, 2.24) is 4.90 Å². The van der Waals surface area contributed by atoms with Crippen LogP contribution in [0, 0.1) is 13.8 Å². The molecule has 0 spiro atoms. The van der Waals surface area contributed by atoms with Gasteiger partial charge in [-0.2, -0.15) is 0 Å². The van der Waals surface area contributed by atoms with E-state index in [1.807, 2.05) is 0 Å². The minimum absolute atomic E-state index is 0.240. The quantitative estimate of drug-likeness (QED) is 0.886. The van der Waals surface area contributed by atoms with Crippen molar-refractivity contribution >= 4 is 0 Å². The average molecular weight is 248 g/mol. The Hall–Kier alpha value is -0.900. The number of ether oxygens (including phenoxy) is 1. The van der Waals surface area contributed by atoms with Crippen LogP contribution >= 0.6 is 0 Å². The third-order valence-electron chi connectivity index (χ3n) is 4.00. The maximum atomic E-state index is 6.28. The van der Waals surface area contributed by atoms with Crippen LogP contribution in [0.1, 0.15) is 29.2 Å². The fraction of sp³-hybridized carbons (Fsp3) is 0.600. The molecule has 0 amide bonds. The van der Waals surface area contributed by atoms with Gasteiger partial charge in [-0.3, -0.25) is 4.90 Å². The van der Waals surface area contributed by atoms with Crippen molar-refractivity contribution in [1.29, 1.82) is 0 Å². The maximum absolute atomic E-state index is 6.28. The minimum Gasteiger partial charge on any atom is -0.383 e. The van der Waals surface area contributed by atoms with E-state index in [0.717, 1.165) is 26.1 Å². The minimum atomic E-state index is 0.240. The molecular formula is C15H24N2O. The Bertz CT molecular complexity index is 405. The van der Waals surface area contributed by atoms with Crippen molar-refractivity contribution in [3.63, 3.8) is 0 Å². The summed E-state index contributed by atoms with van der Waals surface area (Å²) in [6.07, 6.45) is 1.07. The van der Waals surface area contributed by atoms with E-state index in [9.17, 15) is 0 Å². The van der Waals surface area contributed by atoms with E-state index < -0.39 is 0 Å². The fourth-order valence-corrected chi connectivity index (χ4v) is 2.75. The van der Waals surface area contributed by atoms with E-state index in [2.05, 4.69) is 36.9 Å². The Kier molecular flexibility index (Phi) is 4.38. The smallest absolute Gasteiger partial charge is 0.0589 e. The number of rotatable bonds is 4. The van der Waals surface area contributed by atoms with Crippen molar-refractivity contribution < 1.29 is 4.74 Å². The van der Waals surface area contributed by atoms with E-state index in [4.69, 9.17) is 10.5 Å². The molecule has 100 valence electrons. The highest BCUT2D eigenvalue weighted by atomic mass is 16.5. The first kappa shape index (κ1) is 13.5. The van der Waals surface area contributed by atoms with Crippen LogP contribution in [-0.2, 0) is 4.74 Å². The van der Waals surface area contributed by atoms with Gasteiger partial charge >= 0.3 is 0 Å². The number of nitrogens with zero attached hydrogens (tertiary/aromatic N) is 1. The molecular weight excluding hydrogens is 224 g/mol. The molecule has 1 saturated heterocycles. The first-order valence-electron chi connectivity index (χ1n) is 6.69. The molecule has 1 aliphatic rings. The van der Waals surface area contributed by atoms with Crippen LogP contribution in [0.4, 0.5) is 0 Å². The van der Waals surface area contributed by atoms with Gasteiger partial charge in [-0.1, -0.05) is 18.2 Å². The summed E-state index contributed by atoms with van der Waals surface area (Å²) in [5, 5.41) is 0. The first-order chi connectivity index (χ1) is 8.63. The van der Waals surface area contributed by atoms with Crippen molar-refractivity contribution in [3.05, 3.63) is 34.9 Å². The zero-order valence-electron chi connectivity index (χ0n) is 11.6. The second kappa shape index (κ2) is 5.83. The monoisotopic (exact) mass is 248 g/mol. The van der Waals surface area contributed by atoms with Gasteiger partial charge in [0.25, 0.3) is 0 Å². The summed E-state index contributed by atoms with van der Waals surface area (Å²) in [5.74, 6) is 0. The Labute approximate surface area is 110 Å². The summed E-state index contributed by atoms with van der Waals surface area (Å²) in [6.45, 7) is 7.12. The van der Waals surface area contributed by atoms with Gasteiger partial charge in [0.05, 0.1) is 12.6 Å². The molecule has 0 saturated carbocycles. The SMILES string of the molecule is COCCN1CCC(N)C1c1ccc(C)c(C)c1. The van der Waals surface area contributed by atoms with Gasteiger partial charge in [0.1, 0.15) is 0 Å². The summed E-state index contributed by atoms with van der Waals surface area (Å²) >= 11 is 0. The van der Waals surface area contributed by atoms with Crippen molar-refractivity contribution in [2.45, 2.75) is 32.4 Å².